The Labute approximate surface area is 233 Å². The number of nitrogens with one attached hydrogen (secondary N) is 2. The van der Waals surface area contributed by atoms with Gasteiger partial charge in [-0.15, -0.1) is 0 Å². The average Bonchev–Trinajstić information content (AvgIpc) is 3.54. The van der Waals surface area contributed by atoms with E-state index in [1.807, 2.05) is 86.6 Å². The minimum absolute atomic E-state index is 0.251. The molecule has 3 aliphatic heterocycles. The molecule has 8 heteroatoms. The fourth-order valence-electron chi connectivity index (χ4n) is 7.24. The van der Waals surface area contributed by atoms with Crippen LogP contribution in [0.1, 0.15) is 38.7 Å². The smallest absolute Gasteiger partial charge is 0.250 e. The van der Waals surface area contributed by atoms with E-state index in [9.17, 15) is 19.5 Å². The van der Waals surface area contributed by atoms with Crippen molar-refractivity contribution in [3.05, 3.63) is 78.4 Å². The molecule has 6 rings (SSSR count). The number of aliphatic hydroxyl groups is 1. The molecule has 6 atom stereocenters. The van der Waals surface area contributed by atoms with Gasteiger partial charge < -0.3 is 25.4 Å². The van der Waals surface area contributed by atoms with Crippen molar-refractivity contribution in [2.75, 3.05) is 11.9 Å². The van der Waals surface area contributed by atoms with Gasteiger partial charge in [0, 0.05) is 12.2 Å². The fourth-order valence-corrected chi connectivity index (χ4v) is 7.24. The number of benzene rings is 3. The van der Waals surface area contributed by atoms with Gasteiger partial charge in [-0.3, -0.25) is 14.4 Å². The Morgan fingerprint density at radius 3 is 2.48 bits per heavy atom. The first-order valence-electron chi connectivity index (χ1n) is 14.1. The molecule has 3 saturated heterocycles. The average molecular weight is 542 g/mol. The number of amides is 3. The molecule has 3 heterocycles. The highest BCUT2D eigenvalue weighted by Gasteiger charge is 2.78. The summed E-state index contributed by atoms with van der Waals surface area (Å²) >= 11 is 0. The third-order valence-corrected chi connectivity index (χ3v) is 9.15. The second kappa shape index (κ2) is 10.0. The van der Waals surface area contributed by atoms with Crippen molar-refractivity contribution < 1.29 is 24.2 Å². The highest BCUT2D eigenvalue weighted by atomic mass is 16.5. The lowest BCUT2D eigenvalue weighted by molar-refractivity contribution is -0.148. The summed E-state index contributed by atoms with van der Waals surface area (Å²) in [4.78, 5) is 43.5. The molecular formula is C32H35N3O5. The number of nitrogens with zero attached hydrogens (tertiary/aromatic N) is 1. The van der Waals surface area contributed by atoms with Crippen molar-refractivity contribution in [1.29, 1.82) is 0 Å². The maximum Gasteiger partial charge on any atom is 0.250 e. The van der Waals surface area contributed by atoms with E-state index in [4.69, 9.17) is 4.74 Å². The molecule has 2 unspecified atom stereocenters. The van der Waals surface area contributed by atoms with Crippen molar-refractivity contribution in [1.82, 2.24) is 10.2 Å². The van der Waals surface area contributed by atoms with Gasteiger partial charge in [0.1, 0.15) is 11.6 Å². The minimum atomic E-state index is -1.15. The molecule has 0 saturated carbocycles. The number of anilines is 1. The van der Waals surface area contributed by atoms with Crippen molar-refractivity contribution in [3.8, 4) is 0 Å². The Morgan fingerprint density at radius 2 is 1.75 bits per heavy atom. The Balaban J connectivity index is 1.33. The van der Waals surface area contributed by atoms with Gasteiger partial charge in [0.2, 0.25) is 17.7 Å². The molecule has 0 aliphatic carbocycles. The Hall–Kier alpha value is -3.75. The lowest BCUT2D eigenvalue weighted by Gasteiger charge is -2.36. The summed E-state index contributed by atoms with van der Waals surface area (Å²) in [5, 5.41) is 18.3. The molecule has 2 bridgehead atoms. The molecule has 3 fully saturated rings. The number of rotatable bonds is 8. The van der Waals surface area contributed by atoms with Crippen LogP contribution in [0.3, 0.4) is 0 Å². The Bertz CT molecular complexity index is 1460. The third-order valence-electron chi connectivity index (χ3n) is 9.15. The number of likely N-dealkylation sites (tertiary alicyclic amines) is 1. The number of fused-ring (bicyclic) bond motifs is 2. The van der Waals surface area contributed by atoms with E-state index in [-0.39, 0.29) is 24.3 Å². The molecule has 0 aromatic heterocycles. The van der Waals surface area contributed by atoms with Gasteiger partial charge in [0.15, 0.2) is 0 Å². The van der Waals surface area contributed by atoms with Crippen LogP contribution in [-0.2, 0) is 25.7 Å². The van der Waals surface area contributed by atoms with Crippen LogP contribution in [0.5, 0.6) is 0 Å². The Kier molecular flexibility index (Phi) is 6.63. The predicted molar refractivity (Wildman–Crippen MR) is 151 cm³/mol. The number of ether oxygens (including phenoxy) is 1. The first-order valence-corrected chi connectivity index (χ1v) is 14.1. The van der Waals surface area contributed by atoms with Crippen LogP contribution in [-0.4, -0.2) is 57.6 Å². The molecule has 3 aromatic carbocycles. The van der Waals surface area contributed by atoms with Crippen LogP contribution in [0.4, 0.5) is 5.69 Å². The molecule has 3 aliphatic rings. The highest BCUT2D eigenvalue weighted by molar-refractivity contribution is 6.04. The number of carbonyl (C=O) groups excluding carboxylic acids is 3. The van der Waals surface area contributed by atoms with Crippen LogP contribution in [0.25, 0.3) is 10.8 Å². The van der Waals surface area contributed by atoms with Crippen molar-refractivity contribution in [2.24, 2.45) is 11.8 Å². The predicted octanol–water partition coefficient (Wildman–Crippen LogP) is 3.63. The molecule has 3 N–H and O–H groups in total. The first kappa shape index (κ1) is 26.5. The van der Waals surface area contributed by atoms with Crippen LogP contribution < -0.4 is 10.6 Å². The first-order chi connectivity index (χ1) is 19.3. The fraction of sp³-hybridized carbons (Fsp3) is 0.406. The summed E-state index contributed by atoms with van der Waals surface area (Å²) in [6.45, 7) is 3.81. The van der Waals surface area contributed by atoms with Gasteiger partial charge in [0.25, 0.3) is 0 Å². The quantitative estimate of drug-likeness (QED) is 0.404. The maximum atomic E-state index is 14.2. The second-order valence-electron chi connectivity index (χ2n) is 11.5. The van der Waals surface area contributed by atoms with Crippen LogP contribution in [0.2, 0.25) is 0 Å². The summed E-state index contributed by atoms with van der Waals surface area (Å²) < 4.78 is 6.67. The topological polar surface area (TPSA) is 108 Å². The molecule has 0 radical (unpaired) electrons. The zero-order valence-electron chi connectivity index (χ0n) is 22.8. The molecule has 40 heavy (non-hydrogen) atoms. The number of aliphatic hydroxyl groups excluding tert-OH is 1. The minimum Gasteiger partial charge on any atom is -0.394 e. The maximum absolute atomic E-state index is 14.2. The summed E-state index contributed by atoms with van der Waals surface area (Å²) in [5.74, 6) is -2.47. The van der Waals surface area contributed by atoms with E-state index in [1.54, 1.807) is 0 Å². The molecule has 1 spiro atoms. The van der Waals surface area contributed by atoms with Gasteiger partial charge in [0.05, 0.1) is 30.1 Å². The zero-order valence-corrected chi connectivity index (χ0v) is 22.8. The van der Waals surface area contributed by atoms with Crippen LogP contribution in [0, 0.1) is 11.8 Å². The highest BCUT2D eigenvalue weighted by Crippen LogP contribution is 2.63. The van der Waals surface area contributed by atoms with E-state index in [0.717, 1.165) is 16.3 Å². The van der Waals surface area contributed by atoms with E-state index in [0.29, 0.717) is 31.5 Å². The number of hydrogen-bond donors (Lipinski definition) is 3. The molecule has 3 aromatic rings. The summed E-state index contributed by atoms with van der Waals surface area (Å²) in [7, 11) is 0. The molecule has 3 amide bonds. The van der Waals surface area contributed by atoms with Gasteiger partial charge in [-0.1, -0.05) is 67.6 Å². The zero-order chi connectivity index (χ0) is 28.1. The third kappa shape index (κ3) is 4.09. The largest absolute Gasteiger partial charge is 0.394 e. The summed E-state index contributed by atoms with van der Waals surface area (Å²) in [6, 6.07) is 21.6. The van der Waals surface area contributed by atoms with Crippen molar-refractivity contribution in [3.63, 3.8) is 0 Å². The standard InChI is InChI=1S/C32H35N3O5/c1-3-24(19-36)35-27(29(38)34-23-14-13-21-11-7-8-12-22(21)17-23)32-16-15-31(2,40-32)25(26(32)30(35)39)28(37)33-18-20-9-5-4-6-10-20/h4-14,17,24-27,36H,3,15-16,18-19H2,1-2H3,(H,33,37)(H,34,38)/t24-,25+,26-,27?,31-,32?/m0/s1. The molecule has 8 nitrogen and oxygen atoms in total. The summed E-state index contributed by atoms with van der Waals surface area (Å²) in [5.41, 5.74) is -0.443. The molecule has 208 valence electrons. The number of carbonyl (C=O) groups is 3. The van der Waals surface area contributed by atoms with Crippen molar-refractivity contribution in [2.45, 2.75) is 62.9 Å². The summed E-state index contributed by atoms with van der Waals surface area (Å²) in [6.07, 6.45) is 1.51. The number of hydrogen-bond acceptors (Lipinski definition) is 5. The Morgan fingerprint density at radius 1 is 1.02 bits per heavy atom. The van der Waals surface area contributed by atoms with Gasteiger partial charge in [-0.2, -0.15) is 0 Å². The van der Waals surface area contributed by atoms with E-state index in [1.165, 1.54) is 4.90 Å². The second-order valence-corrected chi connectivity index (χ2v) is 11.5. The van der Waals surface area contributed by atoms with Gasteiger partial charge in [-0.25, -0.2) is 0 Å². The van der Waals surface area contributed by atoms with Gasteiger partial charge >= 0.3 is 0 Å². The normalized spacial score (nSPS) is 29.4. The SMILES string of the molecule is CC[C@@H](CO)N1C(=O)[C@@H]2[C@H](C(=O)NCc3ccccc3)[C@]3(C)CCC2(O3)C1C(=O)Nc1ccc2ccccc2c1. The monoisotopic (exact) mass is 541 g/mol. The van der Waals surface area contributed by atoms with Crippen LogP contribution in [0.15, 0.2) is 72.8 Å². The van der Waals surface area contributed by atoms with Gasteiger partial charge in [-0.05, 0) is 54.7 Å². The van der Waals surface area contributed by atoms with E-state index >= 15 is 0 Å². The molecular weight excluding hydrogens is 506 g/mol. The van der Waals surface area contributed by atoms with E-state index in [2.05, 4.69) is 10.6 Å². The van der Waals surface area contributed by atoms with Crippen molar-refractivity contribution >= 4 is 34.2 Å². The van der Waals surface area contributed by atoms with E-state index < -0.39 is 35.1 Å². The lowest BCUT2D eigenvalue weighted by Crippen LogP contribution is -2.56. The van der Waals surface area contributed by atoms with Crippen LogP contribution >= 0.6 is 0 Å². The lowest BCUT2D eigenvalue weighted by atomic mass is 9.66.